The summed E-state index contributed by atoms with van der Waals surface area (Å²) in [6.07, 6.45) is 2.51. The first-order chi connectivity index (χ1) is 7.24. The van der Waals surface area contributed by atoms with Crippen LogP contribution in [0, 0.1) is 11.3 Å². The van der Waals surface area contributed by atoms with Gasteiger partial charge in [0.05, 0.1) is 17.6 Å². The molecule has 0 aliphatic heterocycles. The fraction of sp³-hybridized carbons (Fsp3) is 0.333. The molecule has 1 N–H and O–H groups in total. The molecule has 1 aromatic carbocycles. The maximum Gasteiger partial charge on any atom is 0.335 e. The van der Waals surface area contributed by atoms with E-state index in [0.29, 0.717) is 5.56 Å². The van der Waals surface area contributed by atoms with Gasteiger partial charge in [0.1, 0.15) is 0 Å². The SMILES string of the molecule is N#CC1CCCc2c(C(=O)O)cccc21. The standard InChI is InChI=1S/C12H11NO2/c13-7-8-3-1-5-10-9(8)4-2-6-11(10)12(14)15/h2,4,6,8H,1,3,5H2,(H,14,15). The summed E-state index contributed by atoms with van der Waals surface area (Å²) < 4.78 is 0. The van der Waals surface area contributed by atoms with E-state index in [-0.39, 0.29) is 5.92 Å². The minimum absolute atomic E-state index is 0.131. The van der Waals surface area contributed by atoms with Gasteiger partial charge in [-0.1, -0.05) is 12.1 Å². The molecule has 0 saturated heterocycles. The van der Waals surface area contributed by atoms with Crippen LogP contribution in [-0.4, -0.2) is 11.1 Å². The first kappa shape index (κ1) is 9.72. The van der Waals surface area contributed by atoms with Crippen LogP contribution in [0.25, 0.3) is 0 Å². The van der Waals surface area contributed by atoms with Gasteiger partial charge in [0.25, 0.3) is 0 Å². The van der Waals surface area contributed by atoms with Crippen LogP contribution in [0.3, 0.4) is 0 Å². The number of hydrogen-bond acceptors (Lipinski definition) is 2. The number of carbonyl (C=O) groups is 1. The molecule has 0 radical (unpaired) electrons. The number of carboxylic acid groups (broad SMARTS) is 1. The maximum atomic E-state index is 11.0. The first-order valence-corrected chi connectivity index (χ1v) is 4.98. The van der Waals surface area contributed by atoms with Crippen LogP contribution in [-0.2, 0) is 6.42 Å². The Morgan fingerprint density at radius 2 is 2.33 bits per heavy atom. The number of aromatic carboxylic acids is 1. The van der Waals surface area contributed by atoms with E-state index in [2.05, 4.69) is 6.07 Å². The summed E-state index contributed by atoms with van der Waals surface area (Å²) in [7, 11) is 0. The van der Waals surface area contributed by atoms with Crippen LogP contribution in [0.5, 0.6) is 0 Å². The fourth-order valence-corrected chi connectivity index (χ4v) is 2.18. The van der Waals surface area contributed by atoms with E-state index >= 15 is 0 Å². The van der Waals surface area contributed by atoms with E-state index in [4.69, 9.17) is 10.4 Å². The number of fused-ring (bicyclic) bond motifs is 1. The molecule has 3 nitrogen and oxygen atoms in total. The number of carboxylic acids is 1. The molecular formula is C12H11NO2. The first-order valence-electron chi connectivity index (χ1n) is 4.98. The quantitative estimate of drug-likeness (QED) is 0.758. The van der Waals surface area contributed by atoms with Crippen LogP contribution in [0.1, 0.15) is 40.2 Å². The average molecular weight is 201 g/mol. The molecule has 1 aromatic rings. The molecule has 0 spiro atoms. The molecule has 0 heterocycles. The zero-order chi connectivity index (χ0) is 10.8. The summed E-state index contributed by atoms with van der Waals surface area (Å²) in [5, 5.41) is 18.0. The van der Waals surface area contributed by atoms with Gasteiger partial charge in [-0.3, -0.25) is 0 Å². The highest BCUT2D eigenvalue weighted by atomic mass is 16.4. The average Bonchev–Trinajstić information content (AvgIpc) is 2.27. The molecule has 0 aromatic heterocycles. The molecule has 2 rings (SSSR count). The van der Waals surface area contributed by atoms with Gasteiger partial charge in [-0.2, -0.15) is 5.26 Å². The minimum atomic E-state index is -0.898. The van der Waals surface area contributed by atoms with Gasteiger partial charge >= 0.3 is 5.97 Å². The highest BCUT2D eigenvalue weighted by Crippen LogP contribution is 2.32. The van der Waals surface area contributed by atoms with Crippen molar-refractivity contribution in [2.45, 2.75) is 25.2 Å². The van der Waals surface area contributed by atoms with Crippen molar-refractivity contribution >= 4 is 5.97 Å². The Kier molecular flexibility index (Phi) is 2.42. The number of nitriles is 1. The second kappa shape index (κ2) is 3.74. The number of benzene rings is 1. The maximum absolute atomic E-state index is 11.0. The third kappa shape index (κ3) is 1.59. The number of nitrogens with zero attached hydrogens (tertiary/aromatic N) is 1. The number of rotatable bonds is 1. The van der Waals surface area contributed by atoms with Gasteiger partial charge in [0.2, 0.25) is 0 Å². The molecule has 0 fully saturated rings. The topological polar surface area (TPSA) is 61.1 Å². The largest absolute Gasteiger partial charge is 0.478 e. The van der Waals surface area contributed by atoms with Crippen LogP contribution < -0.4 is 0 Å². The minimum Gasteiger partial charge on any atom is -0.478 e. The summed E-state index contributed by atoms with van der Waals surface area (Å²) in [5.41, 5.74) is 2.11. The van der Waals surface area contributed by atoms with Crippen molar-refractivity contribution in [1.29, 1.82) is 5.26 Å². The second-order valence-electron chi connectivity index (χ2n) is 3.75. The summed E-state index contributed by atoms with van der Waals surface area (Å²) in [6.45, 7) is 0. The Morgan fingerprint density at radius 1 is 1.53 bits per heavy atom. The van der Waals surface area contributed by atoms with Gasteiger partial charge in [-0.25, -0.2) is 4.79 Å². The predicted octanol–water partition coefficient (Wildman–Crippen LogP) is 2.33. The Hall–Kier alpha value is -1.82. The van der Waals surface area contributed by atoms with Gasteiger partial charge in [-0.05, 0) is 36.5 Å². The van der Waals surface area contributed by atoms with Gasteiger partial charge < -0.3 is 5.11 Å². The third-order valence-electron chi connectivity index (χ3n) is 2.89. The Balaban J connectivity index is 2.57. The third-order valence-corrected chi connectivity index (χ3v) is 2.89. The summed E-state index contributed by atoms with van der Waals surface area (Å²) in [4.78, 5) is 11.0. The van der Waals surface area contributed by atoms with Crippen molar-refractivity contribution in [3.05, 3.63) is 34.9 Å². The van der Waals surface area contributed by atoms with Crippen LogP contribution in [0.2, 0.25) is 0 Å². The van der Waals surface area contributed by atoms with Gasteiger partial charge in [0.15, 0.2) is 0 Å². The second-order valence-corrected chi connectivity index (χ2v) is 3.75. The summed E-state index contributed by atoms with van der Waals surface area (Å²) in [6, 6.07) is 7.44. The lowest BCUT2D eigenvalue weighted by molar-refractivity contribution is 0.0695. The molecule has 0 amide bonds. The molecule has 76 valence electrons. The monoisotopic (exact) mass is 201 g/mol. The molecule has 0 saturated carbocycles. The van der Waals surface area contributed by atoms with E-state index in [1.807, 2.05) is 6.07 Å². The van der Waals surface area contributed by atoms with Crippen molar-refractivity contribution in [2.75, 3.05) is 0 Å². The Labute approximate surface area is 88.0 Å². The van der Waals surface area contributed by atoms with Crippen LogP contribution in [0.4, 0.5) is 0 Å². The van der Waals surface area contributed by atoms with Gasteiger partial charge in [0, 0.05) is 0 Å². The van der Waals surface area contributed by atoms with Crippen LogP contribution >= 0.6 is 0 Å². The summed E-state index contributed by atoms with van der Waals surface area (Å²) >= 11 is 0. The van der Waals surface area contributed by atoms with E-state index in [1.54, 1.807) is 12.1 Å². The highest BCUT2D eigenvalue weighted by molar-refractivity contribution is 5.90. The zero-order valence-electron chi connectivity index (χ0n) is 8.23. The molecular weight excluding hydrogens is 190 g/mol. The molecule has 1 atom stereocenters. The number of hydrogen-bond donors (Lipinski definition) is 1. The predicted molar refractivity (Wildman–Crippen MR) is 54.7 cm³/mol. The smallest absolute Gasteiger partial charge is 0.335 e. The molecule has 3 heteroatoms. The lowest BCUT2D eigenvalue weighted by Crippen LogP contribution is -2.13. The van der Waals surface area contributed by atoms with Crippen LogP contribution in [0.15, 0.2) is 18.2 Å². The van der Waals surface area contributed by atoms with E-state index < -0.39 is 5.97 Å². The fourth-order valence-electron chi connectivity index (χ4n) is 2.18. The van der Waals surface area contributed by atoms with E-state index in [1.165, 1.54) is 0 Å². The van der Waals surface area contributed by atoms with Crippen molar-refractivity contribution in [3.8, 4) is 6.07 Å². The van der Waals surface area contributed by atoms with Crippen molar-refractivity contribution < 1.29 is 9.90 Å². The summed E-state index contributed by atoms with van der Waals surface area (Å²) in [5.74, 6) is -1.03. The normalized spacial score (nSPS) is 19.0. The molecule has 15 heavy (non-hydrogen) atoms. The highest BCUT2D eigenvalue weighted by Gasteiger charge is 2.23. The van der Waals surface area contributed by atoms with Crippen molar-refractivity contribution in [1.82, 2.24) is 0 Å². The molecule has 1 unspecified atom stereocenters. The lowest BCUT2D eigenvalue weighted by atomic mass is 9.81. The lowest BCUT2D eigenvalue weighted by Gasteiger charge is -2.21. The Morgan fingerprint density at radius 3 is 3.00 bits per heavy atom. The molecule has 0 bridgehead atoms. The van der Waals surface area contributed by atoms with Crippen molar-refractivity contribution in [3.63, 3.8) is 0 Å². The van der Waals surface area contributed by atoms with Gasteiger partial charge in [-0.15, -0.1) is 0 Å². The van der Waals surface area contributed by atoms with Crippen molar-refractivity contribution in [2.24, 2.45) is 0 Å². The Bertz CT molecular complexity index is 445. The zero-order valence-corrected chi connectivity index (χ0v) is 8.23. The molecule has 1 aliphatic carbocycles. The van der Waals surface area contributed by atoms with E-state index in [9.17, 15) is 4.79 Å². The molecule has 1 aliphatic rings. The van der Waals surface area contributed by atoms with E-state index in [0.717, 1.165) is 30.4 Å².